The molecule has 2 aromatic heterocycles. The number of primary amides is 1. The summed E-state index contributed by atoms with van der Waals surface area (Å²) in [7, 11) is 0. The molecule has 0 bridgehead atoms. The van der Waals surface area contributed by atoms with Crippen LogP contribution in [0, 0.1) is 0 Å². The fraction of sp³-hybridized carbons (Fsp3) is 0.459. The van der Waals surface area contributed by atoms with Crippen LogP contribution in [-0.2, 0) is 22.6 Å². The second-order valence-electron chi connectivity index (χ2n) is 14.0. The van der Waals surface area contributed by atoms with Crippen molar-refractivity contribution in [3.8, 4) is 0 Å². The topological polar surface area (TPSA) is 160 Å². The molecule has 4 aromatic rings. The highest BCUT2D eigenvalue weighted by Gasteiger charge is 2.34. The van der Waals surface area contributed by atoms with Crippen LogP contribution >= 0.6 is 0 Å². The van der Waals surface area contributed by atoms with E-state index in [9.17, 15) is 14.4 Å². The van der Waals surface area contributed by atoms with E-state index < -0.39 is 11.8 Å². The van der Waals surface area contributed by atoms with Crippen molar-refractivity contribution in [3.63, 3.8) is 0 Å². The van der Waals surface area contributed by atoms with Gasteiger partial charge in [-0.3, -0.25) is 24.6 Å². The Balaban J connectivity index is 0.909. The smallest absolute Gasteiger partial charge is 0.271 e. The Bertz CT molecular complexity index is 1890. The standard InChI is InChI=1S/C37H42N8O4/c38-35(47)33-36(41-30(20-39-33)44-17-2-1-3-18-44)40-25-9-4-22(5-10-25)23-6-11-26(12-7-23)45-19-16-24-8-13-27-32(43-49-34(27)29(24)21-45)28-14-15-31(46)42-37(28)48/h4-5,8-10,13,20,23,26,28H,1-3,6-7,11-12,14-19,21H2,(H2,38,47)(H,40,41)(H,42,46,48)/t23-,26+,28?. The highest BCUT2D eigenvalue weighted by Crippen LogP contribution is 2.39. The second kappa shape index (κ2) is 13.2. The van der Waals surface area contributed by atoms with Crippen molar-refractivity contribution < 1.29 is 18.9 Å². The number of rotatable bonds is 7. The van der Waals surface area contributed by atoms with Crippen molar-refractivity contribution in [1.82, 2.24) is 25.3 Å². The van der Waals surface area contributed by atoms with Gasteiger partial charge in [-0.2, -0.15) is 0 Å². The summed E-state index contributed by atoms with van der Waals surface area (Å²) in [5.74, 6) is 0.0511. The zero-order valence-electron chi connectivity index (χ0n) is 27.6. The highest BCUT2D eigenvalue weighted by atomic mass is 16.5. The van der Waals surface area contributed by atoms with E-state index in [-0.39, 0.29) is 17.5 Å². The van der Waals surface area contributed by atoms with Crippen molar-refractivity contribution in [2.45, 2.75) is 88.6 Å². The molecule has 1 aliphatic carbocycles. The number of nitrogens with zero attached hydrogens (tertiary/aromatic N) is 5. The fourth-order valence-corrected chi connectivity index (χ4v) is 8.26. The zero-order valence-corrected chi connectivity index (χ0v) is 27.6. The van der Waals surface area contributed by atoms with E-state index in [0.29, 0.717) is 36.3 Å². The minimum atomic E-state index is -0.604. The van der Waals surface area contributed by atoms with E-state index in [1.165, 1.54) is 23.1 Å². The molecule has 254 valence electrons. The van der Waals surface area contributed by atoms with Crippen LogP contribution in [0.5, 0.6) is 0 Å². The number of piperidine rings is 2. The lowest BCUT2D eigenvalue weighted by Crippen LogP contribution is -2.41. The Morgan fingerprint density at radius 2 is 1.73 bits per heavy atom. The first-order chi connectivity index (χ1) is 23.9. The molecule has 12 heteroatoms. The number of carbonyl (C=O) groups is 3. The van der Waals surface area contributed by atoms with Gasteiger partial charge in [0.05, 0.1) is 12.1 Å². The third-order valence-electron chi connectivity index (χ3n) is 11.0. The summed E-state index contributed by atoms with van der Waals surface area (Å²) in [6, 6.07) is 13.1. The molecule has 3 aliphatic heterocycles. The number of amides is 3. The molecular formula is C37H42N8O4. The Labute approximate surface area is 284 Å². The van der Waals surface area contributed by atoms with Crippen molar-refractivity contribution >= 4 is 46.0 Å². The van der Waals surface area contributed by atoms with Crippen LogP contribution in [0.15, 0.2) is 47.1 Å². The number of anilines is 3. The van der Waals surface area contributed by atoms with Gasteiger partial charge in [0.1, 0.15) is 11.5 Å². The lowest BCUT2D eigenvalue weighted by molar-refractivity contribution is -0.134. The number of nitrogens with one attached hydrogen (secondary N) is 2. The van der Waals surface area contributed by atoms with Crippen molar-refractivity contribution in [1.29, 1.82) is 0 Å². The first-order valence-electron chi connectivity index (χ1n) is 17.7. The highest BCUT2D eigenvalue weighted by molar-refractivity contribution is 6.02. The Kier molecular flexibility index (Phi) is 8.48. The molecule has 4 aliphatic rings. The lowest BCUT2D eigenvalue weighted by Gasteiger charge is -2.39. The molecule has 2 saturated heterocycles. The molecular weight excluding hydrogens is 620 g/mol. The van der Waals surface area contributed by atoms with Gasteiger partial charge in [0.25, 0.3) is 5.91 Å². The van der Waals surface area contributed by atoms with Gasteiger partial charge in [-0.15, -0.1) is 0 Å². The summed E-state index contributed by atoms with van der Waals surface area (Å²) >= 11 is 0. The van der Waals surface area contributed by atoms with Gasteiger partial charge in [0.2, 0.25) is 11.8 Å². The number of nitrogens with two attached hydrogens (primary N) is 1. The normalized spacial score (nSPS) is 23.3. The maximum absolute atomic E-state index is 12.6. The van der Waals surface area contributed by atoms with Crippen LogP contribution < -0.4 is 21.3 Å². The molecule has 0 radical (unpaired) electrons. The van der Waals surface area contributed by atoms with E-state index in [2.05, 4.69) is 60.9 Å². The molecule has 4 N–H and O–H groups in total. The van der Waals surface area contributed by atoms with E-state index in [1.807, 2.05) is 6.07 Å². The van der Waals surface area contributed by atoms with E-state index in [1.54, 1.807) is 6.20 Å². The molecule has 1 unspecified atom stereocenters. The summed E-state index contributed by atoms with van der Waals surface area (Å²) in [4.78, 5) is 50.3. The minimum Gasteiger partial charge on any atom is -0.364 e. The first-order valence-corrected chi connectivity index (χ1v) is 17.7. The van der Waals surface area contributed by atoms with Crippen molar-refractivity contribution in [2.75, 3.05) is 29.9 Å². The minimum absolute atomic E-state index is 0.141. The quantitative estimate of drug-likeness (QED) is 0.229. The van der Waals surface area contributed by atoms with E-state index in [4.69, 9.17) is 15.2 Å². The molecule has 49 heavy (non-hydrogen) atoms. The fourth-order valence-electron chi connectivity index (χ4n) is 8.26. The van der Waals surface area contributed by atoms with Gasteiger partial charge in [0, 0.05) is 55.3 Å². The van der Waals surface area contributed by atoms with Crippen LogP contribution in [0.2, 0.25) is 0 Å². The van der Waals surface area contributed by atoms with Gasteiger partial charge < -0.3 is 20.5 Å². The number of carbonyl (C=O) groups excluding carboxylic acids is 3. The van der Waals surface area contributed by atoms with Crippen LogP contribution in [0.4, 0.5) is 17.3 Å². The molecule has 5 heterocycles. The molecule has 12 nitrogen and oxygen atoms in total. The van der Waals surface area contributed by atoms with Crippen LogP contribution in [0.25, 0.3) is 11.0 Å². The first kappa shape index (κ1) is 31.4. The largest absolute Gasteiger partial charge is 0.364 e. The summed E-state index contributed by atoms with van der Waals surface area (Å²) in [5, 5.41) is 11.0. The maximum atomic E-state index is 12.6. The molecule has 3 fully saturated rings. The summed E-state index contributed by atoms with van der Waals surface area (Å²) < 4.78 is 5.91. The molecule has 1 atom stereocenters. The molecule has 0 spiro atoms. The second-order valence-corrected chi connectivity index (χ2v) is 14.0. The third-order valence-corrected chi connectivity index (χ3v) is 11.0. The summed E-state index contributed by atoms with van der Waals surface area (Å²) in [6.07, 6.45) is 11.3. The number of aromatic nitrogens is 3. The number of fused-ring (bicyclic) bond motifs is 3. The molecule has 2 aromatic carbocycles. The molecule has 8 rings (SSSR count). The van der Waals surface area contributed by atoms with Crippen LogP contribution in [0.1, 0.15) is 102 Å². The van der Waals surface area contributed by atoms with Gasteiger partial charge in [-0.05, 0) is 93.0 Å². The Morgan fingerprint density at radius 1 is 0.939 bits per heavy atom. The summed E-state index contributed by atoms with van der Waals surface area (Å²) in [6.45, 7) is 3.69. The van der Waals surface area contributed by atoms with Gasteiger partial charge >= 0.3 is 0 Å². The lowest BCUT2D eigenvalue weighted by atomic mass is 9.80. The zero-order chi connectivity index (χ0) is 33.5. The number of hydrogen-bond acceptors (Lipinski definition) is 10. The SMILES string of the molecule is NC(=O)c1ncc(N2CCCCC2)nc1Nc1ccc([C@H]2CC[C@@H](N3CCc4ccc5c(C6CCC(=O)NC6=O)noc5c4C3)CC2)cc1. The monoisotopic (exact) mass is 662 g/mol. The van der Waals surface area contributed by atoms with E-state index >= 15 is 0 Å². The van der Waals surface area contributed by atoms with Gasteiger partial charge in [0.15, 0.2) is 17.1 Å². The summed E-state index contributed by atoms with van der Waals surface area (Å²) in [5.41, 5.74) is 11.8. The average Bonchev–Trinajstić information content (AvgIpc) is 3.56. The molecule has 3 amide bonds. The van der Waals surface area contributed by atoms with E-state index in [0.717, 1.165) is 93.6 Å². The number of hydrogen-bond donors (Lipinski definition) is 3. The van der Waals surface area contributed by atoms with Crippen LogP contribution in [0.3, 0.4) is 0 Å². The average molecular weight is 663 g/mol. The molecule has 1 saturated carbocycles. The van der Waals surface area contributed by atoms with Gasteiger partial charge in [-0.25, -0.2) is 9.97 Å². The predicted octanol–water partition coefficient (Wildman–Crippen LogP) is 5.06. The third kappa shape index (κ3) is 6.25. The number of imide groups is 1. The maximum Gasteiger partial charge on any atom is 0.271 e. The van der Waals surface area contributed by atoms with Crippen molar-refractivity contribution in [2.24, 2.45) is 5.73 Å². The predicted molar refractivity (Wildman–Crippen MR) is 185 cm³/mol. The Hall–Kier alpha value is -4.84. The Morgan fingerprint density at radius 3 is 2.49 bits per heavy atom. The van der Waals surface area contributed by atoms with Gasteiger partial charge in [-0.1, -0.05) is 23.4 Å². The number of benzene rings is 2. The van der Waals surface area contributed by atoms with Crippen molar-refractivity contribution in [3.05, 3.63) is 70.7 Å². The van der Waals surface area contributed by atoms with Crippen LogP contribution in [-0.4, -0.2) is 63.4 Å².